The number of hydrogen-bond acceptors (Lipinski definition) is 3. The lowest BCUT2D eigenvalue weighted by Gasteiger charge is -2.02. The first kappa shape index (κ1) is 9.44. The fourth-order valence-corrected chi connectivity index (χ4v) is 0.818. The highest BCUT2D eigenvalue weighted by Gasteiger charge is 2.08. The van der Waals surface area contributed by atoms with E-state index in [-0.39, 0.29) is 11.4 Å². The zero-order valence-electron chi connectivity index (χ0n) is 6.95. The van der Waals surface area contributed by atoms with Crippen molar-refractivity contribution in [1.82, 2.24) is 4.98 Å². The van der Waals surface area contributed by atoms with Crippen molar-refractivity contribution in [1.29, 1.82) is 0 Å². The molecule has 1 aromatic rings. The van der Waals surface area contributed by atoms with Crippen LogP contribution in [0.25, 0.3) is 0 Å². The fraction of sp³-hybridized carbons (Fsp3) is 0.250. The summed E-state index contributed by atoms with van der Waals surface area (Å²) < 4.78 is 17.5. The van der Waals surface area contributed by atoms with Crippen LogP contribution in [-0.2, 0) is 0 Å². The van der Waals surface area contributed by atoms with Crippen molar-refractivity contribution in [2.45, 2.75) is 6.92 Å². The number of pyridine rings is 1. The van der Waals surface area contributed by atoms with E-state index in [0.717, 1.165) is 6.07 Å². The van der Waals surface area contributed by atoms with Crippen LogP contribution < -0.4 is 4.74 Å². The van der Waals surface area contributed by atoms with E-state index in [1.165, 1.54) is 6.07 Å². The molecule has 0 aliphatic heterocycles. The number of ether oxygens (including phenoxy) is 1. The van der Waals surface area contributed by atoms with Gasteiger partial charge in [0, 0.05) is 12.1 Å². The molecule has 0 aliphatic rings. The number of nitrogens with zero attached hydrogens (tertiary/aromatic N) is 1. The predicted octanol–water partition coefficient (Wildman–Crippen LogP) is 1.32. The number of rotatable bonds is 3. The molecule has 0 saturated carbocycles. The first-order valence-corrected chi connectivity index (χ1v) is 3.67. The maximum atomic E-state index is 12.7. The molecule has 0 unspecified atom stereocenters. The number of aromatic carboxylic acids is 1. The van der Waals surface area contributed by atoms with Gasteiger partial charge in [0.15, 0.2) is 0 Å². The second kappa shape index (κ2) is 3.84. The van der Waals surface area contributed by atoms with Crippen LogP contribution in [0.1, 0.15) is 17.3 Å². The average molecular weight is 185 g/mol. The van der Waals surface area contributed by atoms with Gasteiger partial charge >= 0.3 is 5.97 Å². The molecule has 0 atom stereocenters. The molecule has 0 bridgehead atoms. The summed E-state index contributed by atoms with van der Waals surface area (Å²) in [6.07, 6.45) is 0. The smallest absolute Gasteiger partial charge is 0.336 e. The van der Waals surface area contributed by atoms with E-state index in [1.807, 2.05) is 0 Å². The zero-order valence-corrected chi connectivity index (χ0v) is 6.95. The SMILES string of the molecule is CCOc1cc(C(=O)O)cc(F)n1. The number of carboxylic acids is 1. The van der Waals surface area contributed by atoms with Gasteiger partial charge in [-0.15, -0.1) is 0 Å². The van der Waals surface area contributed by atoms with Gasteiger partial charge in [-0.1, -0.05) is 0 Å². The molecule has 1 N–H and O–H groups in total. The van der Waals surface area contributed by atoms with Gasteiger partial charge in [0.05, 0.1) is 12.2 Å². The molecule has 0 spiro atoms. The quantitative estimate of drug-likeness (QED) is 0.721. The number of halogens is 1. The monoisotopic (exact) mass is 185 g/mol. The number of carboxylic acid groups (broad SMARTS) is 1. The third-order valence-corrected chi connectivity index (χ3v) is 1.31. The fourth-order valence-electron chi connectivity index (χ4n) is 0.818. The van der Waals surface area contributed by atoms with Crippen molar-refractivity contribution in [3.05, 3.63) is 23.6 Å². The lowest BCUT2D eigenvalue weighted by Crippen LogP contribution is -2.02. The van der Waals surface area contributed by atoms with E-state index in [4.69, 9.17) is 9.84 Å². The average Bonchev–Trinajstić information content (AvgIpc) is 2.03. The van der Waals surface area contributed by atoms with Crippen molar-refractivity contribution in [3.63, 3.8) is 0 Å². The topological polar surface area (TPSA) is 59.4 Å². The van der Waals surface area contributed by atoms with Gasteiger partial charge in [-0.3, -0.25) is 0 Å². The molecular formula is C8H8FNO3. The van der Waals surface area contributed by atoms with E-state index in [9.17, 15) is 9.18 Å². The van der Waals surface area contributed by atoms with Gasteiger partial charge in [0.2, 0.25) is 11.8 Å². The van der Waals surface area contributed by atoms with Crippen LogP contribution in [0, 0.1) is 5.95 Å². The summed E-state index contributed by atoms with van der Waals surface area (Å²) in [4.78, 5) is 13.8. The van der Waals surface area contributed by atoms with Gasteiger partial charge in [-0.2, -0.15) is 9.37 Å². The van der Waals surface area contributed by atoms with Crippen LogP contribution in [0.5, 0.6) is 5.88 Å². The Morgan fingerprint density at radius 2 is 2.38 bits per heavy atom. The van der Waals surface area contributed by atoms with Gasteiger partial charge < -0.3 is 9.84 Å². The van der Waals surface area contributed by atoms with Crippen molar-refractivity contribution in [3.8, 4) is 5.88 Å². The predicted molar refractivity (Wildman–Crippen MR) is 42.3 cm³/mol. The van der Waals surface area contributed by atoms with E-state index >= 15 is 0 Å². The number of aromatic nitrogens is 1. The molecule has 0 aliphatic carbocycles. The maximum Gasteiger partial charge on any atom is 0.336 e. The van der Waals surface area contributed by atoms with Crippen molar-refractivity contribution in [2.24, 2.45) is 0 Å². The molecule has 0 radical (unpaired) electrons. The highest BCUT2D eigenvalue weighted by atomic mass is 19.1. The van der Waals surface area contributed by atoms with Gasteiger partial charge in [-0.25, -0.2) is 4.79 Å². The summed E-state index contributed by atoms with van der Waals surface area (Å²) in [6, 6.07) is 2.01. The van der Waals surface area contributed by atoms with E-state index in [0.29, 0.717) is 6.61 Å². The minimum absolute atomic E-state index is 0.0140. The Morgan fingerprint density at radius 1 is 1.69 bits per heavy atom. The lowest BCUT2D eigenvalue weighted by atomic mass is 10.3. The molecule has 0 amide bonds. The van der Waals surface area contributed by atoms with E-state index in [1.54, 1.807) is 6.92 Å². The molecule has 1 heterocycles. The summed E-state index contributed by atoms with van der Waals surface area (Å²) >= 11 is 0. The van der Waals surface area contributed by atoms with E-state index in [2.05, 4.69) is 4.98 Å². The summed E-state index contributed by atoms with van der Waals surface area (Å²) in [7, 11) is 0. The summed E-state index contributed by atoms with van der Waals surface area (Å²) in [5.74, 6) is -2.08. The van der Waals surface area contributed by atoms with E-state index < -0.39 is 11.9 Å². The van der Waals surface area contributed by atoms with Crippen LogP contribution in [0.15, 0.2) is 12.1 Å². The van der Waals surface area contributed by atoms with Crippen LogP contribution in [0.4, 0.5) is 4.39 Å². The van der Waals surface area contributed by atoms with Crippen LogP contribution >= 0.6 is 0 Å². The Bertz CT molecular complexity index is 327. The molecule has 70 valence electrons. The highest BCUT2D eigenvalue weighted by Crippen LogP contribution is 2.11. The summed E-state index contributed by atoms with van der Waals surface area (Å²) in [6.45, 7) is 2.02. The zero-order chi connectivity index (χ0) is 9.84. The molecule has 4 nitrogen and oxygen atoms in total. The normalized spacial score (nSPS) is 9.69. The minimum atomic E-state index is -1.21. The minimum Gasteiger partial charge on any atom is -0.478 e. The third-order valence-electron chi connectivity index (χ3n) is 1.31. The molecule has 0 fully saturated rings. The van der Waals surface area contributed by atoms with Crippen molar-refractivity contribution >= 4 is 5.97 Å². The first-order valence-electron chi connectivity index (χ1n) is 3.67. The van der Waals surface area contributed by atoms with Crippen LogP contribution in [-0.4, -0.2) is 22.7 Å². The van der Waals surface area contributed by atoms with Gasteiger partial charge in [-0.05, 0) is 6.92 Å². The largest absolute Gasteiger partial charge is 0.478 e. The van der Waals surface area contributed by atoms with Crippen LogP contribution in [0.2, 0.25) is 0 Å². The van der Waals surface area contributed by atoms with Gasteiger partial charge in [0.25, 0.3) is 0 Å². The lowest BCUT2D eigenvalue weighted by molar-refractivity contribution is 0.0695. The Morgan fingerprint density at radius 3 is 2.92 bits per heavy atom. The molecule has 13 heavy (non-hydrogen) atoms. The second-order valence-electron chi connectivity index (χ2n) is 2.25. The highest BCUT2D eigenvalue weighted by molar-refractivity contribution is 5.87. The Hall–Kier alpha value is -1.65. The molecule has 0 aromatic carbocycles. The van der Waals surface area contributed by atoms with Crippen molar-refractivity contribution in [2.75, 3.05) is 6.61 Å². The molecular weight excluding hydrogens is 177 g/mol. The number of hydrogen-bond donors (Lipinski definition) is 1. The second-order valence-corrected chi connectivity index (χ2v) is 2.25. The maximum absolute atomic E-state index is 12.7. The third kappa shape index (κ3) is 2.40. The molecule has 0 saturated heterocycles. The Balaban J connectivity index is 3.03. The molecule has 1 rings (SSSR count). The standard InChI is InChI=1S/C8H8FNO3/c1-2-13-7-4-5(8(11)12)3-6(9)10-7/h3-4H,2H2,1H3,(H,11,12). The van der Waals surface area contributed by atoms with Crippen LogP contribution in [0.3, 0.4) is 0 Å². The van der Waals surface area contributed by atoms with Gasteiger partial charge in [0.1, 0.15) is 0 Å². The Labute approximate surface area is 74.0 Å². The Kier molecular flexibility index (Phi) is 2.79. The first-order chi connectivity index (χ1) is 6.13. The van der Waals surface area contributed by atoms with Crippen molar-refractivity contribution < 1.29 is 19.0 Å². The molecule has 1 aromatic heterocycles. The molecule has 5 heteroatoms. The summed E-state index contributed by atoms with van der Waals surface area (Å²) in [5.41, 5.74) is -0.170. The summed E-state index contributed by atoms with van der Waals surface area (Å²) in [5, 5.41) is 8.55. The number of carbonyl (C=O) groups is 1.